The molecule has 0 unspecified atom stereocenters. The third-order valence-electron chi connectivity index (χ3n) is 4.60. The molecule has 0 atom stereocenters. The first kappa shape index (κ1) is 14.9. The first-order chi connectivity index (χ1) is 7.92. The van der Waals surface area contributed by atoms with Crippen molar-refractivity contribution in [3.8, 4) is 0 Å². The summed E-state index contributed by atoms with van der Waals surface area (Å²) in [6.07, 6.45) is 5.93. The fourth-order valence-corrected chi connectivity index (χ4v) is 2.22. The average Bonchev–Trinajstić information content (AvgIpc) is 2.97. The van der Waals surface area contributed by atoms with Gasteiger partial charge in [0.2, 0.25) is 0 Å². The number of likely N-dealkylation sites (N-methyl/N-ethyl adjacent to an activating group) is 2. The number of nitrogens with zero attached hydrogens (tertiary/aromatic N) is 2. The maximum absolute atomic E-state index is 8.97. The Morgan fingerprint density at radius 1 is 0.765 bits per heavy atom. The molecule has 2 N–H and O–H groups in total. The molecule has 0 bridgehead atoms. The summed E-state index contributed by atoms with van der Waals surface area (Å²) in [6.45, 7) is 0.639. The molecule has 2 fully saturated rings. The highest BCUT2D eigenvalue weighted by atomic mass is 16.3. The number of aliphatic hydroxyl groups excluding tert-OH is 2. The van der Waals surface area contributed by atoms with Crippen molar-refractivity contribution in [3.63, 3.8) is 0 Å². The molecule has 0 aromatic heterocycles. The van der Waals surface area contributed by atoms with Crippen molar-refractivity contribution in [2.45, 2.75) is 43.2 Å². The van der Waals surface area contributed by atoms with Crippen LogP contribution < -0.4 is 0 Å². The van der Waals surface area contributed by atoms with Crippen molar-refractivity contribution in [3.05, 3.63) is 0 Å². The molecule has 0 aromatic carbocycles. The molecule has 0 heterocycles. The normalized spacial score (nSPS) is 24.0. The lowest BCUT2D eigenvalue weighted by molar-refractivity contribution is 0.00338. The zero-order valence-electron chi connectivity index (χ0n) is 11.7. The van der Waals surface area contributed by atoms with Gasteiger partial charge in [-0.15, -0.1) is 0 Å². The van der Waals surface area contributed by atoms with Crippen molar-refractivity contribution in [2.75, 3.05) is 41.4 Å². The van der Waals surface area contributed by atoms with E-state index in [1.165, 1.54) is 6.42 Å². The molecule has 102 valence electrons. The Bertz CT molecular complexity index is 228. The molecule has 2 aliphatic carbocycles. The lowest BCUT2D eigenvalue weighted by atomic mass is 9.76. The van der Waals surface area contributed by atoms with Gasteiger partial charge in [-0.25, -0.2) is 0 Å². The standard InChI is InChI=1S/C7H15NO.C6H13NO/c1-8(2)7(6-9)4-3-5-7;1-7(2)6(5-8)3-4-6/h9H,3-6H2,1-2H3;8H,3-5H2,1-2H3. The smallest absolute Gasteiger partial charge is 0.0615 e. The molecular formula is C13H28N2O2. The van der Waals surface area contributed by atoms with E-state index in [1.807, 2.05) is 28.2 Å². The largest absolute Gasteiger partial charge is 0.394 e. The first-order valence-corrected chi connectivity index (χ1v) is 6.49. The lowest BCUT2D eigenvalue weighted by Crippen LogP contribution is -2.52. The number of rotatable bonds is 4. The fraction of sp³-hybridized carbons (Fsp3) is 1.00. The van der Waals surface area contributed by atoms with E-state index in [9.17, 15) is 0 Å². The monoisotopic (exact) mass is 244 g/mol. The van der Waals surface area contributed by atoms with Gasteiger partial charge in [-0.05, 0) is 60.3 Å². The minimum atomic E-state index is 0.153. The summed E-state index contributed by atoms with van der Waals surface area (Å²) in [5.74, 6) is 0. The fourth-order valence-electron chi connectivity index (χ4n) is 2.22. The van der Waals surface area contributed by atoms with Crippen LogP contribution in [0.15, 0.2) is 0 Å². The molecule has 0 spiro atoms. The zero-order chi connectivity index (χ0) is 13.1. The van der Waals surface area contributed by atoms with Gasteiger partial charge < -0.3 is 20.0 Å². The highest BCUT2D eigenvalue weighted by Gasteiger charge is 2.43. The predicted molar refractivity (Wildman–Crippen MR) is 70.1 cm³/mol. The van der Waals surface area contributed by atoms with Crippen LogP contribution in [-0.4, -0.2) is 72.5 Å². The number of hydrogen-bond donors (Lipinski definition) is 2. The third kappa shape index (κ3) is 3.19. The van der Waals surface area contributed by atoms with Gasteiger partial charge in [0.05, 0.1) is 13.2 Å². The van der Waals surface area contributed by atoms with Crippen LogP contribution in [0.25, 0.3) is 0 Å². The molecule has 0 saturated heterocycles. The van der Waals surface area contributed by atoms with Crippen molar-refractivity contribution in [2.24, 2.45) is 0 Å². The Balaban J connectivity index is 0.000000171. The van der Waals surface area contributed by atoms with E-state index in [4.69, 9.17) is 10.2 Å². The summed E-state index contributed by atoms with van der Waals surface area (Å²) in [4.78, 5) is 4.24. The summed E-state index contributed by atoms with van der Waals surface area (Å²) < 4.78 is 0. The Kier molecular flexibility index (Phi) is 4.95. The highest BCUT2D eigenvalue weighted by Crippen LogP contribution is 2.39. The summed E-state index contributed by atoms with van der Waals surface area (Å²) in [7, 11) is 8.11. The van der Waals surface area contributed by atoms with Crippen molar-refractivity contribution >= 4 is 0 Å². The number of aliphatic hydroxyl groups is 2. The Morgan fingerprint density at radius 2 is 1.12 bits per heavy atom. The Hall–Kier alpha value is -0.160. The van der Waals surface area contributed by atoms with E-state index in [1.54, 1.807) is 0 Å². The molecular weight excluding hydrogens is 216 g/mol. The molecule has 0 aliphatic heterocycles. The summed E-state index contributed by atoms with van der Waals surface area (Å²) in [5.41, 5.74) is 0.333. The number of hydrogen-bond acceptors (Lipinski definition) is 4. The van der Waals surface area contributed by atoms with Gasteiger partial charge in [-0.2, -0.15) is 0 Å². The zero-order valence-corrected chi connectivity index (χ0v) is 11.7. The van der Waals surface area contributed by atoms with E-state index in [2.05, 4.69) is 9.80 Å². The van der Waals surface area contributed by atoms with Gasteiger partial charge in [0, 0.05) is 11.1 Å². The molecule has 0 aromatic rings. The van der Waals surface area contributed by atoms with Crippen molar-refractivity contribution in [1.82, 2.24) is 9.80 Å². The third-order valence-corrected chi connectivity index (χ3v) is 4.60. The van der Waals surface area contributed by atoms with Crippen LogP contribution in [0, 0.1) is 0 Å². The van der Waals surface area contributed by atoms with E-state index in [0.29, 0.717) is 13.2 Å². The van der Waals surface area contributed by atoms with Crippen LogP contribution in [-0.2, 0) is 0 Å². The summed E-state index contributed by atoms with van der Waals surface area (Å²) in [5, 5.41) is 17.8. The second-order valence-electron chi connectivity index (χ2n) is 5.91. The molecule has 4 heteroatoms. The SMILES string of the molecule is CN(C)C1(CO)CC1.CN(C)C1(CO)CCC1. The van der Waals surface area contributed by atoms with Gasteiger partial charge in [-0.3, -0.25) is 0 Å². The van der Waals surface area contributed by atoms with Crippen LogP contribution in [0.1, 0.15) is 32.1 Å². The van der Waals surface area contributed by atoms with Crippen LogP contribution in [0.4, 0.5) is 0 Å². The second kappa shape index (κ2) is 5.65. The minimum Gasteiger partial charge on any atom is -0.394 e. The van der Waals surface area contributed by atoms with Crippen LogP contribution in [0.3, 0.4) is 0 Å². The van der Waals surface area contributed by atoms with E-state index in [-0.39, 0.29) is 11.1 Å². The maximum Gasteiger partial charge on any atom is 0.0615 e. The van der Waals surface area contributed by atoms with Crippen molar-refractivity contribution in [1.29, 1.82) is 0 Å². The molecule has 4 nitrogen and oxygen atoms in total. The Labute approximate surface area is 105 Å². The second-order valence-corrected chi connectivity index (χ2v) is 5.91. The molecule has 2 aliphatic rings. The van der Waals surface area contributed by atoms with Gasteiger partial charge in [0.25, 0.3) is 0 Å². The highest BCUT2D eigenvalue weighted by molar-refractivity contribution is 5.01. The van der Waals surface area contributed by atoms with E-state index < -0.39 is 0 Å². The minimum absolute atomic E-state index is 0.153. The van der Waals surface area contributed by atoms with Crippen LogP contribution in [0.2, 0.25) is 0 Å². The summed E-state index contributed by atoms with van der Waals surface area (Å²) in [6, 6.07) is 0. The van der Waals surface area contributed by atoms with E-state index >= 15 is 0 Å². The van der Waals surface area contributed by atoms with Crippen molar-refractivity contribution < 1.29 is 10.2 Å². The molecule has 2 saturated carbocycles. The Morgan fingerprint density at radius 3 is 1.12 bits per heavy atom. The molecule has 0 radical (unpaired) electrons. The van der Waals surface area contributed by atoms with Crippen LogP contribution in [0.5, 0.6) is 0 Å². The van der Waals surface area contributed by atoms with Gasteiger partial charge in [0.15, 0.2) is 0 Å². The topological polar surface area (TPSA) is 46.9 Å². The average molecular weight is 244 g/mol. The quantitative estimate of drug-likeness (QED) is 0.757. The van der Waals surface area contributed by atoms with Gasteiger partial charge in [0.1, 0.15) is 0 Å². The van der Waals surface area contributed by atoms with E-state index in [0.717, 1.165) is 25.7 Å². The molecule has 0 amide bonds. The van der Waals surface area contributed by atoms with Gasteiger partial charge >= 0.3 is 0 Å². The lowest BCUT2D eigenvalue weighted by Gasteiger charge is -2.45. The predicted octanol–water partition coefficient (Wildman–Crippen LogP) is 0.536. The molecule has 2 rings (SSSR count). The van der Waals surface area contributed by atoms with Crippen LogP contribution >= 0.6 is 0 Å². The first-order valence-electron chi connectivity index (χ1n) is 6.49. The van der Waals surface area contributed by atoms with Gasteiger partial charge in [-0.1, -0.05) is 0 Å². The summed E-state index contributed by atoms with van der Waals surface area (Å²) >= 11 is 0. The molecule has 17 heavy (non-hydrogen) atoms. The maximum atomic E-state index is 8.97.